The summed E-state index contributed by atoms with van der Waals surface area (Å²) in [4.78, 5) is 24.8. The molecule has 0 aliphatic rings. The molecule has 0 aromatic carbocycles. The molecule has 0 saturated heterocycles. The number of unbranched alkanes of at least 4 members (excludes halogenated alkanes) is 1. The molecule has 1 N–H and O–H groups in total. The number of nitrogens with one attached hydrogen (secondary N) is 1. The zero-order valence-electron chi connectivity index (χ0n) is 22.2. The molecule has 0 aliphatic heterocycles. The summed E-state index contributed by atoms with van der Waals surface area (Å²) in [5, 5.41) is 2.96. The average molecular weight is 472 g/mol. The van der Waals surface area contributed by atoms with Crippen LogP contribution in [-0.2, 0) is 19.1 Å². The van der Waals surface area contributed by atoms with E-state index in [1.807, 2.05) is 13.8 Å². The lowest BCUT2D eigenvalue weighted by atomic mass is 9.95. The summed E-state index contributed by atoms with van der Waals surface area (Å²) in [6, 6.07) is 0. The third-order valence-electron chi connectivity index (χ3n) is 5.47. The van der Waals surface area contributed by atoms with Gasteiger partial charge in [0.1, 0.15) is 5.76 Å². The first-order valence-corrected chi connectivity index (χ1v) is 12.1. The van der Waals surface area contributed by atoms with Crippen molar-refractivity contribution in [3.63, 3.8) is 0 Å². The summed E-state index contributed by atoms with van der Waals surface area (Å²) in [5.74, 6) is 0.430. The van der Waals surface area contributed by atoms with Gasteiger partial charge in [0.15, 0.2) is 11.9 Å². The largest absolute Gasteiger partial charge is 0.498 e. The van der Waals surface area contributed by atoms with Crippen LogP contribution in [0.5, 0.6) is 0 Å². The van der Waals surface area contributed by atoms with Crippen molar-refractivity contribution in [1.29, 1.82) is 0 Å². The fourth-order valence-electron chi connectivity index (χ4n) is 2.96. The fraction of sp³-hybridized carbons (Fsp3) is 0.517. The van der Waals surface area contributed by atoms with Gasteiger partial charge in [-0.3, -0.25) is 9.59 Å². The third kappa shape index (κ3) is 12.5. The first kappa shape index (κ1) is 31.3. The first-order chi connectivity index (χ1) is 16.1. The Bertz CT molecular complexity index is 799. The second kappa shape index (κ2) is 17.8. The molecule has 0 saturated carbocycles. The third-order valence-corrected chi connectivity index (χ3v) is 5.47. The van der Waals surface area contributed by atoms with Crippen LogP contribution < -0.4 is 5.32 Å². The van der Waals surface area contributed by atoms with Crippen LogP contribution in [0.1, 0.15) is 66.7 Å². The van der Waals surface area contributed by atoms with Crippen molar-refractivity contribution in [3.05, 3.63) is 72.1 Å². The predicted octanol–water partition coefficient (Wildman–Crippen LogP) is 6.40. The number of methoxy groups -OCH3 is 1. The summed E-state index contributed by atoms with van der Waals surface area (Å²) in [5.41, 5.74) is 4.28. The Morgan fingerprint density at radius 1 is 1.09 bits per heavy atom. The van der Waals surface area contributed by atoms with Gasteiger partial charge in [-0.05, 0) is 62.3 Å². The molecule has 0 spiro atoms. The zero-order valence-corrected chi connectivity index (χ0v) is 22.2. The number of hydrogen-bond donors (Lipinski definition) is 1. The van der Waals surface area contributed by atoms with Crippen LogP contribution in [0.15, 0.2) is 72.1 Å². The zero-order chi connectivity index (χ0) is 26.1. The number of rotatable bonds is 18. The Kier molecular flexibility index (Phi) is 16.4. The highest BCUT2D eigenvalue weighted by Crippen LogP contribution is 2.21. The minimum atomic E-state index is -0.885. The molecule has 0 aromatic rings. The number of allylic oxidation sites excluding steroid dienone is 5. The summed E-state index contributed by atoms with van der Waals surface area (Å²) in [7, 11) is 1.46. The number of carbonyl (C=O) groups excluding carboxylic acids is 2. The van der Waals surface area contributed by atoms with Gasteiger partial charge in [0, 0.05) is 19.6 Å². The van der Waals surface area contributed by atoms with Crippen LogP contribution >= 0.6 is 0 Å². The molecule has 0 radical (unpaired) electrons. The average Bonchev–Trinajstić information content (AvgIpc) is 2.82. The minimum Gasteiger partial charge on any atom is -0.498 e. The smallest absolute Gasteiger partial charge is 0.224 e. The molecule has 190 valence electrons. The second-order valence-corrected chi connectivity index (χ2v) is 8.79. The summed E-state index contributed by atoms with van der Waals surface area (Å²) in [6.07, 6.45) is 9.44. The molecule has 1 atom stereocenters. The van der Waals surface area contributed by atoms with E-state index in [-0.39, 0.29) is 18.1 Å². The SMILES string of the molecule is C=CC(=O)C(OCCCC)C(=CCC(=O)NCC(CC(=C)C(C)=CCC(C)C)=C(C)C=C)OC. The molecule has 0 rings (SSSR count). The molecule has 5 nitrogen and oxygen atoms in total. The van der Waals surface area contributed by atoms with E-state index >= 15 is 0 Å². The standard InChI is InChI=1S/C29H45NO4/c1-10-13-18-34-29(26(31)12-3)27(33-9)16-17-28(32)30-20-25(22(6)11-2)19-24(8)23(7)15-14-21(4)5/h11-12,15-16,21,29H,2-3,8,10,13-14,17-20H2,1,4-7,9H3,(H,30,32). The van der Waals surface area contributed by atoms with Crippen molar-refractivity contribution in [2.45, 2.75) is 72.8 Å². The van der Waals surface area contributed by atoms with E-state index in [2.05, 4.69) is 51.9 Å². The first-order valence-electron chi connectivity index (χ1n) is 12.1. The van der Waals surface area contributed by atoms with Gasteiger partial charge in [-0.1, -0.05) is 70.2 Å². The highest BCUT2D eigenvalue weighted by molar-refractivity contribution is 5.95. The normalized spacial score (nSPS) is 13.7. The van der Waals surface area contributed by atoms with E-state index in [0.29, 0.717) is 31.2 Å². The number of amides is 1. The van der Waals surface area contributed by atoms with Gasteiger partial charge < -0.3 is 14.8 Å². The Balaban J connectivity index is 5.22. The van der Waals surface area contributed by atoms with Crippen LogP contribution in [0.2, 0.25) is 0 Å². The van der Waals surface area contributed by atoms with Gasteiger partial charge in [-0.25, -0.2) is 0 Å². The Morgan fingerprint density at radius 3 is 2.29 bits per heavy atom. The highest BCUT2D eigenvalue weighted by Gasteiger charge is 2.22. The van der Waals surface area contributed by atoms with Gasteiger partial charge in [-0.15, -0.1) is 0 Å². The van der Waals surface area contributed by atoms with E-state index in [1.165, 1.54) is 18.8 Å². The van der Waals surface area contributed by atoms with E-state index in [0.717, 1.165) is 36.0 Å². The van der Waals surface area contributed by atoms with E-state index in [4.69, 9.17) is 9.47 Å². The van der Waals surface area contributed by atoms with Crippen molar-refractivity contribution in [1.82, 2.24) is 5.32 Å². The molecule has 1 unspecified atom stereocenters. The van der Waals surface area contributed by atoms with Gasteiger partial charge in [0.05, 0.1) is 7.11 Å². The molecule has 5 heteroatoms. The lowest BCUT2D eigenvalue weighted by Crippen LogP contribution is -2.28. The second-order valence-electron chi connectivity index (χ2n) is 8.79. The molecule has 34 heavy (non-hydrogen) atoms. The molecule has 0 bridgehead atoms. The summed E-state index contributed by atoms with van der Waals surface area (Å²) >= 11 is 0. The number of ketones is 1. The lowest BCUT2D eigenvalue weighted by molar-refractivity contribution is -0.125. The van der Waals surface area contributed by atoms with Crippen molar-refractivity contribution in [3.8, 4) is 0 Å². The van der Waals surface area contributed by atoms with Crippen LogP contribution in [-0.4, -0.2) is 38.1 Å². The number of ether oxygens (including phenoxy) is 2. The summed E-state index contributed by atoms with van der Waals surface area (Å²) < 4.78 is 11.0. The van der Waals surface area contributed by atoms with E-state index in [1.54, 1.807) is 12.2 Å². The lowest BCUT2D eigenvalue weighted by Gasteiger charge is -2.18. The maximum absolute atomic E-state index is 12.6. The van der Waals surface area contributed by atoms with E-state index < -0.39 is 6.10 Å². The quantitative estimate of drug-likeness (QED) is 0.109. The van der Waals surface area contributed by atoms with Crippen molar-refractivity contribution in [2.24, 2.45) is 5.92 Å². The minimum absolute atomic E-state index is 0.0654. The van der Waals surface area contributed by atoms with Crippen LogP contribution in [0.4, 0.5) is 0 Å². The van der Waals surface area contributed by atoms with E-state index in [9.17, 15) is 9.59 Å². The maximum atomic E-state index is 12.6. The van der Waals surface area contributed by atoms with Gasteiger partial charge in [0.2, 0.25) is 5.91 Å². The molecule has 0 fully saturated rings. The van der Waals surface area contributed by atoms with Crippen molar-refractivity contribution in [2.75, 3.05) is 20.3 Å². The fourth-order valence-corrected chi connectivity index (χ4v) is 2.96. The topological polar surface area (TPSA) is 64.6 Å². The Hall–Kier alpha value is -2.66. The molecular weight excluding hydrogens is 426 g/mol. The van der Waals surface area contributed by atoms with Gasteiger partial charge in [0.25, 0.3) is 0 Å². The Labute approximate surface area is 207 Å². The van der Waals surface area contributed by atoms with Crippen LogP contribution in [0, 0.1) is 5.92 Å². The molecular formula is C29H45NO4. The molecule has 0 heterocycles. The number of hydrogen-bond acceptors (Lipinski definition) is 4. The summed E-state index contributed by atoms with van der Waals surface area (Å²) in [6.45, 7) is 22.9. The van der Waals surface area contributed by atoms with Crippen molar-refractivity contribution >= 4 is 11.7 Å². The molecule has 1 amide bonds. The number of carbonyl (C=O) groups is 2. The molecule has 0 aliphatic carbocycles. The predicted molar refractivity (Wildman–Crippen MR) is 142 cm³/mol. The molecule has 0 aromatic heterocycles. The van der Waals surface area contributed by atoms with Gasteiger partial charge in [-0.2, -0.15) is 0 Å². The van der Waals surface area contributed by atoms with Crippen molar-refractivity contribution < 1.29 is 19.1 Å². The maximum Gasteiger partial charge on any atom is 0.224 e. The van der Waals surface area contributed by atoms with Crippen LogP contribution in [0.25, 0.3) is 0 Å². The van der Waals surface area contributed by atoms with Crippen LogP contribution in [0.3, 0.4) is 0 Å². The Morgan fingerprint density at radius 2 is 1.76 bits per heavy atom. The van der Waals surface area contributed by atoms with Gasteiger partial charge >= 0.3 is 0 Å². The highest BCUT2D eigenvalue weighted by atomic mass is 16.5. The monoisotopic (exact) mass is 471 g/mol.